The molecule has 3 heterocycles. The number of likely N-dealkylation sites (tertiary alicyclic amines) is 2. The zero-order chi connectivity index (χ0) is 18.1. The summed E-state index contributed by atoms with van der Waals surface area (Å²) in [6.07, 6.45) is 2.36. The number of hydrogen-bond donors (Lipinski definition) is 1. The molecule has 0 saturated carbocycles. The first kappa shape index (κ1) is 18.3. The van der Waals surface area contributed by atoms with Gasteiger partial charge in [0.2, 0.25) is 5.91 Å². The number of aliphatic hydroxyl groups is 1. The summed E-state index contributed by atoms with van der Waals surface area (Å²) in [5, 5.41) is 15.0. The number of aryl methyl sites for hydroxylation is 2. The Balaban J connectivity index is 1.46. The predicted octanol–water partition coefficient (Wildman–Crippen LogP) is 1.28. The van der Waals surface area contributed by atoms with E-state index in [0.29, 0.717) is 45.6 Å². The van der Waals surface area contributed by atoms with Crippen molar-refractivity contribution in [3.8, 4) is 0 Å². The third-order valence-corrected chi connectivity index (χ3v) is 5.12. The Morgan fingerprint density at radius 2 is 2.00 bits per heavy atom. The van der Waals surface area contributed by atoms with Gasteiger partial charge in [-0.25, -0.2) is 8.78 Å². The van der Waals surface area contributed by atoms with Crippen LogP contribution in [0, 0.1) is 6.92 Å². The molecule has 2 aliphatic heterocycles. The van der Waals surface area contributed by atoms with Crippen molar-refractivity contribution < 1.29 is 18.7 Å². The van der Waals surface area contributed by atoms with E-state index in [1.165, 1.54) is 0 Å². The molecule has 1 aromatic rings. The number of β-amino-alcohol motifs (C(OH)–C–C–N with tert-alkyl or cyclic N) is 1. The molecule has 2 fully saturated rings. The molecule has 1 aromatic heterocycles. The monoisotopic (exact) mass is 356 g/mol. The summed E-state index contributed by atoms with van der Waals surface area (Å²) in [7, 11) is 0. The van der Waals surface area contributed by atoms with E-state index >= 15 is 0 Å². The highest BCUT2D eigenvalue weighted by atomic mass is 19.3. The largest absolute Gasteiger partial charge is 0.387 e. The molecule has 3 rings (SSSR count). The molecule has 2 aliphatic rings. The summed E-state index contributed by atoms with van der Waals surface area (Å²) in [6.45, 7) is 4.14. The lowest BCUT2D eigenvalue weighted by atomic mass is 10.00. The van der Waals surface area contributed by atoms with Crippen LogP contribution in [0.3, 0.4) is 0 Å². The van der Waals surface area contributed by atoms with Crippen molar-refractivity contribution in [1.29, 1.82) is 0 Å². The second-order valence-corrected chi connectivity index (χ2v) is 7.39. The third kappa shape index (κ3) is 4.76. The van der Waals surface area contributed by atoms with E-state index < -0.39 is 11.5 Å². The smallest absolute Gasteiger partial charge is 0.250 e. The Hall–Kier alpha value is -1.54. The van der Waals surface area contributed by atoms with Crippen LogP contribution in [0.25, 0.3) is 0 Å². The first-order valence-electron chi connectivity index (χ1n) is 8.85. The number of aromatic nitrogens is 2. The molecular weight excluding hydrogens is 330 g/mol. The zero-order valence-electron chi connectivity index (χ0n) is 14.6. The summed E-state index contributed by atoms with van der Waals surface area (Å²) in [4.78, 5) is 15.9. The van der Waals surface area contributed by atoms with Gasteiger partial charge in [-0.15, -0.1) is 0 Å². The number of hydrogen-bond acceptors (Lipinski definition) is 4. The van der Waals surface area contributed by atoms with E-state index in [-0.39, 0.29) is 25.3 Å². The Bertz CT molecular complexity index is 612. The van der Waals surface area contributed by atoms with E-state index in [0.717, 1.165) is 5.69 Å². The molecule has 6 nitrogen and oxygen atoms in total. The Morgan fingerprint density at radius 3 is 2.64 bits per heavy atom. The predicted molar refractivity (Wildman–Crippen MR) is 88.3 cm³/mol. The lowest BCUT2D eigenvalue weighted by Gasteiger charge is -2.36. The number of rotatable bonds is 5. The van der Waals surface area contributed by atoms with Crippen molar-refractivity contribution in [2.45, 2.75) is 50.7 Å². The minimum absolute atomic E-state index is 0.00532. The second kappa shape index (κ2) is 6.99. The van der Waals surface area contributed by atoms with Gasteiger partial charge in [0.1, 0.15) is 0 Å². The first-order valence-corrected chi connectivity index (χ1v) is 8.85. The average molecular weight is 356 g/mol. The van der Waals surface area contributed by atoms with Crippen molar-refractivity contribution in [3.63, 3.8) is 0 Å². The fraction of sp³-hybridized carbons (Fsp3) is 0.765. The number of alkyl halides is 2. The van der Waals surface area contributed by atoms with Crippen molar-refractivity contribution >= 4 is 5.91 Å². The van der Waals surface area contributed by atoms with Crippen molar-refractivity contribution in [3.05, 3.63) is 18.0 Å². The van der Waals surface area contributed by atoms with Gasteiger partial charge in [0.15, 0.2) is 0 Å². The van der Waals surface area contributed by atoms with Crippen molar-refractivity contribution in [2.24, 2.45) is 0 Å². The van der Waals surface area contributed by atoms with Gasteiger partial charge in [0.25, 0.3) is 5.92 Å². The number of halogens is 2. The van der Waals surface area contributed by atoms with Gasteiger partial charge in [-0.2, -0.15) is 5.10 Å². The van der Waals surface area contributed by atoms with E-state index in [9.17, 15) is 18.7 Å². The van der Waals surface area contributed by atoms with Crippen LogP contribution in [0.2, 0.25) is 0 Å². The van der Waals surface area contributed by atoms with E-state index in [4.69, 9.17) is 0 Å². The van der Waals surface area contributed by atoms with E-state index in [2.05, 4.69) is 5.10 Å². The molecule has 0 aromatic carbocycles. The van der Waals surface area contributed by atoms with Gasteiger partial charge in [0.05, 0.1) is 17.8 Å². The maximum Gasteiger partial charge on any atom is 0.250 e. The van der Waals surface area contributed by atoms with Gasteiger partial charge >= 0.3 is 0 Å². The van der Waals surface area contributed by atoms with Gasteiger partial charge in [-0.05, 0) is 19.4 Å². The number of nitrogens with zero attached hydrogens (tertiary/aromatic N) is 4. The average Bonchev–Trinajstić information content (AvgIpc) is 3.13. The molecule has 0 bridgehead atoms. The van der Waals surface area contributed by atoms with Crippen LogP contribution in [-0.2, 0) is 11.3 Å². The van der Waals surface area contributed by atoms with E-state index in [1.807, 2.05) is 24.1 Å². The van der Waals surface area contributed by atoms with Crippen LogP contribution in [0.1, 0.15) is 31.4 Å². The Labute approximate surface area is 146 Å². The van der Waals surface area contributed by atoms with Crippen LogP contribution in [-0.4, -0.2) is 74.8 Å². The standard InChI is InChI=1S/C17H26F2N4O2/c1-14-2-7-23(20-14)8-3-15(24)22-11-4-16(25,13-22)12-21-9-5-17(18,19)6-10-21/h2,7,25H,3-6,8-13H2,1H3/t16-/m0/s1. The molecule has 2 saturated heterocycles. The van der Waals surface area contributed by atoms with Gasteiger partial charge < -0.3 is 10.0 Å². The fourth-order valence-corrected chi connectivity index (χ4v) is 3.61. The number of amides is 1. The fourth-order valence-electron chi connectivity index (χ4n) is 3.61. The van der Waals surface area contributed by atoms with Crippen LogP contribution in [0.5, 0.6) is 0 Å². The number of carbonyl (C=O) groups excluding carboxylic acids is 1. The minimum atomic E-state index is -2.58. The quantitative estimate of drug-likeness (QED) is 0.863. The zero-order valence-corrected chi connectivity index (χ0v) is 14.6. The maximum absolute atomic E-state index is 13.2. The first-order chi connectivity index (χ1) is 11.7. The van der Waals surface area contributed by atoms with Crippen LogP contribution >= 0.6 is 0 Å². The minimum Gasteiger partial charge on any atom is -0.387 e. The lowest BCUT2D eigenvalue weighted by molar-refractivity contribution is -0.131. The Morgan fingerprint density at radius 1 is 1.28 bits per heavy atom. The topological polar surface area (TPSA) is 61.6 Å². The summed E-state index contributed by atoms with van der Waals surface area (Å²) in [6, 6.07) is 1.89. The molecule has 1 amide bonds. The number of carbonyl (C=O) groups is 1. The van der Waals surface area contributed by atoms with Crippen molar-refractivity contribution in [2.75, 3.05) is 32.7 Å². The Kier molecular flexibility index (Phi) is 5.11. The summed E-state index contributed by atoms with van der Waals surface area (Å²) in [5.74, 6) is -2.59. The summed E-state index contributed by atoms with van der Waals surface area (Å²) in [5.41, 5.74) is -0.0833. The summed E-state index contributed by atoms with van der Waals surface area (Å²) < 4.78 is 28.2. The molecule has 25 heavy (non-hydrogen) atoms. The molecule has 0 spiro atoms. The summed E-state index contributed by atoms with van der Waals surface area (Å²) >= 11 is 0. The third-order valence-electron chi connectivity index (χ3n) is 5.12. The second-order valence-electron chi connectivity index (χ2n) is 7.39. The highest BCUT2D eigenvalue weighted by Gasteiger charge is 2.41. The number of piperidine rings is 1. The van der Waals surface area contributed by atoms with Gasteiger partial charge in [-0.3, -0.25) is 14.4 Å². The van der Waals surface area contributed by atoms with Crippen LogP contribution < -0.4 is 0 Å². The van der Waals surface area contributed by atoms with Gasteiger partial charge in [0, 0.05) is 58.2 Å². The van der Waals surface area contributed by atoms with E-state index in [1.54, 1.807) is 9.58 Å². The molecule has 1 N–H and O–H groups in total. The van der Waals surface area contributed by atoms with Crippen molar-refractivity contribution in [1.82, 2.24) is 19.6 Å². The SMILES string of the molecule is Cc1ccn(CCC(=O)N2CC[C@](O)(CN3CCC(F)(F)CC3)C2)n1. The molecular formula is C17H26F2N4O2. The maximum atomic E-state index is 13.2. The normalized spacial score (nSPS) is 27.0. The van der Waals surface area contributed by atoms with Gasteiger partial charge in [-0.1, -0.05) is 0 Å². The molecule has 0 aliphatic carbocycles. The molecule has 8 heteroatoms. The molecule has 1 atom stereocenters. The lowest BCUT2D eigenvalue weighted by Crippen LogP contribution is -2.49. The highest BCUT2D eigenvalue weighted by molar-refractivity contribution is 5.76. The highest BCUT2D eigenvalue weighted by Crippen LogP contribution is 2.30. The van der Waals surface area contributed by atoms with Crippen LogP contribution in [0.4, 0.5) is 8.78 Å². The van der Waals surface area contributed by atoms with Crippen LogP contribution in [0.15, 0.2) is 12.3 Å². The molecule has 0 unspecified atom stereocenters. The molecule has 140 valence electrons. The molecule has 0 radical (unpaired) electrons.